The van der Waals surface area contributed by atoms with Crippen LogP contribution in [0.15, 0.2) is 47.6 Å². The molecule has 0 bridgehead atoms. The van der Waals surface area contributed by atoms with Crippen LogP contribution < -0.4 is 20.7 Å². The molecule has 0 aliphatic heterocycles. The second kappa shape index (κ2) is 9.93. The minimum atomic E-state index is -0.236. The molecular weight excluding hydrogens is 402 g/mol. The number of hydrogen-bond donors (Lipinski definition) is 3. The largest absolute Gasteiger partial charge is 0.495 e. The Bertz CT molecular complexity index is 1070. The first kappa shape index (κ1) is 21.4. The lowest BCUT2D eigenvalue weighted by Gasteiger charge is -2.12. The maximum atomic E-state index is 12.5. The highest BCUT2D eigenvalue weighted by Crippen LogP contribution is 2.29. The van der Waals surface area contributed by atoms with Gasteiger partial charge in [-0.05, 0) is 37.3 Å². The zero-order valence-corrected chi connectivity index (χ0v) is 17.8. The van der Waals surface area contributed by atoms with Gasteiger partial charge in [-0.2, -0.15) is 0 Å². The summed E-state index contributed by atoms with van der Waals surface area (Å²) < 4.78 is 5.29. The summed E-state index contributed by atoms with van der Waals surface area (Å²) in [6.07, 6.45) is 0. The monoisotopic (exact) mass is 425 g/mol. The molecule has 30 heavy (non-hydrogen) atoms. The van der Waals surface area contributed by atoms with Gasteiger partial charge in [-0.1, -0.05) is 23.9 Å². The number of nitrogens with zero attached hydrogens (tertiary/aromatic N) is 2. The molecule has 0 aliphatic carbocycles. The smallest absolute Gasteiger partial charge is 0.234 e. The summed E-state index contributed by atoms with van der Waals surface area (Å²) in [7, 11) is 1.52. The van der Waals surface area contributed by atoms with Gasteiger partial charge in [0.05, 0.1) is 24.1 Å². The van der Waals surface area contributed by atoms with Gasteiger partial charge in [0.15, 0.2) is 5.16 Å². The quantitative estimate of drug-likeness (QED) is 0.373. The van der Waals surface area contributed by atoms with Gasteiger partial charge in [0.1, 0.15) is 11.6 Å². The van der Waals surface area contributed by atoms with Crippen molar-refractivity contribution in [2.24, 2.45) is 0 Å². The third-order valence-corrected chi connectivity index (χ3v) is 4.90. The number of fused-ring (bicyclic) bond motifs is 1. The molecule has 9 heteroatoms. The van der Waals surface area contributed by atoms with Crippen molar-refractivity contribution in [1.29, 1.82) is 0 Å². The highest BCUT2D eigenvalue weighted by atomic mass is 32.2. The van der Waals surface area contributed by atoms with Gasteiger partial charge in [-0.3, -0.25) is 9.59 Å². The number of nitrogens with one attached hydrogen (secondary N) is 3. The lowest BCUT2D eigenvalue weighted by atomic mass is 10.2. The lowest BCUT2D eigenvalue weighted by Crippen LogP contribution is -2.15. The molecule has 2 aromatic carbocycles. The molecule has 1 aromatic heterocycles. The van der Waals surface area contributed by atoms with E-state index in [4.69, 9.17) is 4.74 Å². The summed E-state index contributed by atoms with van der Waals surface area (Å²) in [4.78, 5) is 32.9. The van der Waals surface area contributed by atoms with Crippen molar-refractivity contribution in [1.82, 2.24) is 9.97 Å². The Morgan fingerprint density at radius 3 is 2.63 bits per heavy atom. The Morgan fingerprint density at radius 2 is 1.90 bits per heavy atom. The third-order valence-electron chi connectivity index (χ3n) is 4.05. The molecule has 3 aromatic rings. The number of amides is 2. The summed E-state index contributed by atoms with van der Waals surface area (Å²) in [5.74, 6) is 0.935. The van der Waals surface area contributed by atoms with E-state index in [1.54, 1.807) is 18.2 Å². The Hall–Kier alpha value is -3.33. The van der Waals surface area contributed by atoms with E-state index in [0.717, 1.165) is 23.3 Å². The Morgan fingerprint density at radius 1 is 1.10 bits per heavy atom. The van der Waals surface area contributed by atoms with Crippen LogP contribution in [0.3, 0.4) is 0 Å². The first-order chi connectivity index (χ1) is 14.5. The van der Waals surface area contributed by atoms with E-state index in [-0.39, 0.29) is 17.6 Å². The number of thioether (sulfide) groups is 1. The molecule has 0 fully saturated rings. The number of anilines is 3. The van der Waals surface area contributed by atoms with Crippen molar-refractivity contribution in [3.8, 4) is 5.75 Å². The highest BCUT2D eigenvalue weighted by Gasteiger charge is 2.12. The van der Waals surface area contributed by atoms with E-state index in [1.807, 2.05) is 31.2 Å². The first-order valence-electron chi connectivity index (χ1n) is 9.39. The molecule has 1 heterocycles. The Balaban J connectivity index is 1.72. The van der Waals surface area contributed by atoms with E-state index >= 15 is 0 Å². The van der Waals surface area contributed by atoms with E-state index in [2.05, 4.69) is 25.9 Å². The Kier molecular flexibility index (Phi) is 7.08. The molecule has 0 atom stereocenters. The minimum Gasteiger partial charge on any atom is -0.495 e. The van der Waals surface area contributed by atoms with Gasteiger partial charge in [0, 0.05) is 24.5 Å². The molecule has 0 saturated carbocycles. The van der Waals surface area contributed by atoms with Crippen LogP contribution in [0.4, 0.5) is 17.2 Å². The second-order valence-electron chi connectivity index (χ2n) is 6.34. The molecule has 156 valence electrons. The van der Waals surface area contributed by atoms with E-state index in [1.165, 1.54) is 25.8 Å². The predicted octanol–water partition coefficient (Wildman–Crippen LogP) is 3.76. The number of carbonyl (C=O) groups is 2. The first-order valence-corrected chi connectivity index (χ1v) is 10.4. The predicted molar refractivity (Wildman–Crippen MR) is 120 cm³/mol. The summed E-state index contributed by atoms with van der Waals surface area (Å²) in [6, 6.07) is 12.8. The molecule has 3 N–H and O–H groups in total. The summed E-state index contributed by atoms with van der Waals surface area (Å²) in [6.45, 7) is 4.15. The minimum absolute atomic E-state index is 0.122. The maximum Gasteiger partial charge on any atom is 0.234 e. The number of rotatable bonds is 8. The number of ether oxygens (including phenoxy) is 1. The number of hydrogen-bond acceptors (Lipinski definition) is 7. The van der Waals surface area contributed by atoms with E-state index in [9.17, 15) is 9.59 Å². The van der Waals surface area contributed by atoms with Crippen molar-refractivity contribution in [2.45, 2.75) is 19.0 Å². The second-order valence-corrected chi connectivity index (χ2v) is 7.28. The standard InChI is InChI=1S/C21H23N5O3S/c1-4-22-20-15-7-5-6-8-16(15)25-21(26-20)30-12-19(28)24-17-11-14(23-13(2)27)9-10-18(17)29-3/h5-11H,4,12H2,1-3H3,(H,23,27)(H,24,28)(H,22,25,26). The zero-order valence-electron chi connectivity index (χ0n) is 17.0. The van der Waals surface area contributed by atoms with Gasteiger partial charge in [0.2, 0.25) is 11.8 Å². The molecule has 0 spiro atoms. The SMILES string of the molecule is CCNc1nc(SCC(=O)Nc2cc(NC(C)=O)ccc2OC)nc2ccccc12. The normalized spacial score (nSPS) is 10.5. The van der Waals surface area contributed by atoms with Crippen molar-refractivity contribution >= 4 is 51.7 Å². The average molecular weight is 426 g/mol. The van der Waals surface area contributed by atoms with Crippen LogP contribution in [-0.2, 0) is 9.59 Å². The molecule has 0 aliphatic rings. The topological polar surface area (TPSA) is 105 Å². The van der Waals surface area contributed by atoms with Crippen molar-refractivity contribution in [2.75, 3.05) is 35.4 Å². The average Bonchev–Trinajstić information content (AvgIpc) is 2.72. The number of para-hydroxylation sites is 1. The summed E-state index contributed by atoms with van der Waals surface area (Å²) >= 11 is 1.25. The van der Waals surface area contributed by atoms with Gasteiger partial charge in [-0.15, -0.1) is 0 Å². The van der Waals surface area contributed by atoms with Crippen LogP contribution in [0, 0.1) is 0 Å². The van der Waals surface area contributed by atoms with Gasteiger partial charge in [0.25, 0.3) is 0 Å². The van der Waals surface area contributed by atoms with Crippen LogP contribution in [-0.4, -0.2) is 41.2 Å². The number of carbonyl (C=O) groups excluding carboxylic acids is 2. The number of benzene rings is 2. The van der Waals surface area contributed by atoms with Crippen molar-refractivity contribution < 1.29 is 14.3 Å². The molecule has 0 unspecified atom stereocenters. The van der Waals surface area contributed by atoms with E-state index < -0.39 is 0 Å². The molecule has 3 rings (SSSR count). The third kappa shape index (κ3) is 5.38. The van der Waals surface area contributed by atoms with Gasteiger partial charge in [-0.25, -0.2) is 9.97 Å². The van der Waals surface area contributed by atoms with Crippen molar-refractivity contribution in [3.63, 3.8) is 0 Å². The Labute approximate surface area is 178 Å². The maximum absolute atomic E-state index is 12.5. The van der Waals surface area contributed by atoms with Crippen LogP contribution in [0.1, 0.15) is 13.8 Å². The van der Waals surface area contributed by atoms with Crippen molar-refractivity contribution in [3.05, 3.63) is 42.5 Å². The molecule has 0 saturated heterocycles. The summed E-state index contributed by atoms with van der Waals surface area (Å²) in [5.41, 5.74) is 1.86. The molecule has 8 nitrogen and oxygen atoms in total. The summed E-state index contributed by atoms with van der Waals surface area (Å²) in [5, 5.41) is 10.2. The molecule has 2 amide bonds. The van der Waals surface area contributed by atoms with Crippen LogP contribution in [0.5, 0.6) is 5.75 Å². The molecular formula is C21H23N5O3S. The van der Waals surface area contributed by atoms with Crippen LogP contribution in [0.2, 0.25) is 0 Å². The number of methoxy groups -OCH3 is 1. The fraction of sp³-hybridized carbons (Fsp3) is 0.238. The van der Waals surface area contributed by atoms with Gasteiger partial charge >= 0.3 is 0 Å². The van der Waals surface area contributed by atoms with Crippen LogP contribution in [0.25, 0.3) is 10.9 Å². The fourth-order valence-electron chi connectivity index (χ4n) is 2.83. The molecule has 0 radical (unpaired) electrons. The highest BCUT2D eigenvalue weighted by molar-refractivity contribution is 7.99. The van der Waals surface area contributed by atoms with Gasteiger partial charge < -0.3 is 20.7 Å². The van der Waals surface area contributed by atoms with Crippen LogP contribution >= 0.6 is 11.8 Å². The lowest BCUT2D eigenvalue weighted by molar-refractivity contribution is -0.114. The van der Waals surface area contributed by atoms with E-state index in [0.29, 0.717) is 22.3 Å². The zero-order chi connectivity index (χ0) is 21.5. The number of aromatic nitrogens is 2. The fourth-order valence-corrected chi connectivity index (χ4v) is 3.48.